The number of rotatable bonds is 14. The number of alkyl halides is 19. The van der Waals surface area contributed by atoms with Crippen LogP contribution in [0.4, 0.5) is 83.4 Å². The van der Waals surface area contributed by atoms with Crippen LogP contribution in [0.1, 0.15) is 6.92 Å². The van der Waals surface area contributed by atoms with Gasteiger partial charge in [0.05, 0.1) is 13.2 Å². The predicted molar refractivity (Wildman–Crippen MR) is 78.9 cm³/mol. The van der Waals surface area contributed by atoms with Gasteiger partial charge < -0.3 is 14.2 Å². The minimum atomic E-state index is -7.16. The number of hydrogen-bond donors (Lipinski definition) is 0. The van der Waals surface area contributed by atoms with E-state index < -0.39 is 93.4 Å². The number of hydrogen-bond acceptors (Lipinski definition) is 5. The lowest BCUT2D eigenvalue weighted by Crippen LogP contribution is -2.56. The summed E-state index contributed by atoms with van der Waals surface area (Å²) in [5.74, 6) is -19.1. The van der Waals surface area contributed by atoms with E-state index in [0.29, 0.717) is 0 Å². The first-order valence-corrected chi connectivity index (χ1v) is 9.21. The van der Waals surface area contributed by atoms with Crippen LogP contribution in [0.5, 0.6) is 0 Å². The summed E-state index contributed by atoms with van der Waals surface area (Å²) in [5, 5.41) is 0. The van der Waals surface area contributed by atoms with Crippen molar-refractivity contribution in [1.29, 1.82) is 0 Å². The van der Waals surface area contributed by atoms with Gasteiger partial charge in [-0.15, -0.1) is 0 Å². The third-order valence-electron chi connectivity index (χ3n) is 4.31. The van der Waals surface area contributed by atoms with Crippen LogP contribution < -0.4 is 0 Å². The van der Waals surface area contributed by atoms with E-state index in [-0.39, 0.29) is 0 Å². The lowest BCUT2D eigenvalue weighted by Gasteiger charge is -2.33. The van der Waals surface area contributed by atoms with Crippen molar-refractivity contribution in [3.05, 3.63) is 0 Å². The summed E-state index contributed by atoms with van der Waals surface area (Å²) in [6.45, 7) is -4.18. The van der Waals surface area contributed by atoms with Crippen LogP contribution >= 0.6 is 0 Å². The molecule has 5 nitrogen and oxygen atoms in total. The summed E-state index contributed by atoms with van der Waals surface area (Å²) in [6.07, 6.45) is -45.4. The summed E-state index contributed by atoms with van der Waals surface area (Å²) < 4.78 is 259. The lowest BCUT2D eigenvalue weighted by atomic mass is 10.1. The second-order valence-electron chi connectivity index (χ2n) is 7.40. The van der Waals surface area contributed by atoms with Gasteiger partial charge in [-0.2, -0.15) is 70.2 Å². The summed E-state index contributed by atoms with van der Waals surface area (Å²) >= 11 is 0. The fraction of sp³-hybridized carbons (Fsp3) is 1.00. The minimum absolute atomic E-state index is 0.761. The van der Waals surface area contributed by atoms with Gasteiger partial charge in [0, 0.05) is 6.92 Å². The highest BCUT2D eigenvalue weighted by atomic mass is 19.4. The van der Waals surface area contributed by atoms with E-state index in [1.54, 1.807) is 0 Å². The summed E-state index contributed by atoms with van der Waals surface area (Å²) in [6, 6.07) is 0. The zero-order valence-corrected chi connectivity index (χ0v) is 17.9. The highest BCUT2D eigenvalue weighted by Gasteiger charge is 2.76. The van der Waals surface area contributed by atoms with E-state index in [9.17, 15) is 83.4 Å². The zero-order chi connectivity index (χ0) is 31.3. The maximum absolute atomic E-state index is 13.5. The molecule has 24 heteroatoms. The Morgan fingerprint density at radius 1 is 0.564 bits per heavy atom. The Morgan fingerprint density at radius 2 is 0.897 bits per heavy atom. The Balaban J connectivity index is 2.64. The summed E-state index contributed by atoms with van der Waals surface area (Å²) in [7, 11) is 0. The van der Waals surface area contributed by atoms with E-state index in [1.807, 2.05) is 0 Å². The molecule has 234 valence electrons. The molecule has 1 rings (SSSR count). The molecule has 1 aliphatic heterocycles. The molecule has 0 aromatic heterocycles. The van der Waals surface area contributed by atoms with Gasteiger partial charge in [-0.25, -0.2) is 13.2 Å². The molecule has 0 amide bonds. The highest BCUT2D eigenvalue weighted by Crippen LogP contribution is 2.49. The van der Waals surface area contributed by atoms with E-state index in [2.05, 4.69) is 23.7 Å². The summed E-state index contributed by atoms with van der Waals surface area (Å²) in [5.41, 5.74) is 0. The van der Waals surface area contributed by atoms with Crippen molar-refractivity contribution in [2.75, 3.05) is 13.2 Å². The molecule has 39 heavy (non-hydrogen) atoms. The third kappa shape index (κ3) is 7.81. The van der Waals surface area contributed by atoms with E-state index >= 15 is 0 Å². The fourth-order valence-electron chi connectivity index (χ4n) is 2.02. The molecule has 1 aliphatic rings. The fourth-order valence-corrected chi connectivity index (χ4v) is 2.02. The van der Waals surface area contributed by atoms with Gasteiger partial charge in [-0.05, 0) is 0 Å². The Labute approximate surface area is 202 Å². The van der Waals surface area contributed by atoms with Gasteiger partial charge >= 0.3 is 42.5 Å². The number of epoxide rings is 1. The van der Waals surface area contributed by atoms with Crippen molar-refractivity contribution >= 4 is 0 Å². The lowest BCUT2D eigenvalue weighted by molar-refractivity contribution is -0.465. The van der Waals surface area contributed by atoms with Crippen molar-refractivity contribution < 1.29 is 107 Å². The van der Waals surface area contributed by atoms with E-state index in [1.165, 1.54) is 0 Å². The molecule has 5 atom stereocenters. The maximum Gasteiger partial charge on any atom is 0.462 e. The van der Waals surface area contributed by atoms with Crippen LogP contribution in [-0.4, -0.2) is 86.5 Å². The van der Waals surface area contributed by atoms with Crippen LogP contribution in [0.2, 0.25) is 0 Å². The van der Waals surface area contributed by atoms with E-state index in [4.69, 9.17) is 0 Å². The molecule has 0 bridgehead atoms. The molecular weight excluding hydrogens is 621 g/mol. The first kappa shape index (κ1) is 35.5. The molecule has 1 heterocycles. The SMILES string of the molecule is CC(F)(OC(F)C(F)(F)OCC1OC1COC(F)(F)C(F)OC(F)(F)C(F)(F)C(F)(F)F)C(F)(F)C(F)(F)F. The Morgan fingerprint density at radius 3 is 1.23 bits per heavy atom. The topological polar surface area (TPSA) is 49.5 Å². The van der Waals surface area contributed by atoms with Crippen molar-refractivity contribution in [1.82, 2.24) is 0 Å². The standard InChI is InChI=1S/C15H11F19O5/c1-8(18,11(23,24)13(27,28)29)38-6(16)9(19,20)35-2-4-5(37-4)3-36-10(21,22)7(17)39-15(33,34)12(25,26)14(30,31)32/h4-7H,2-3H2,1H3. The summed E-state index contributed by atoms with van der Waals surface area (Å²) in [4.78, 5) is 0. The van der Waals surface area contributed by atoms with Crippen LogP contribution in [0, 0.1) is 0 Å². The largest absolute Gasteiger partial charge is 0.462 e. The normalized spacial score (nSPS) is 23.4. The van der Waals surface area contributed by atoms with Gasteiger partial charge in [-0.3, -0.25) is 9.47 Å². The first-order chi connectivity index (χ1) is 16.9. The van der Waals surface area contributed by atoms with Gasteiger partial charge in [0.2, 0.25) is 0 Å². The number of halogens is 19. The zero-order valence-electron chi connectivity index (χ0n) is 17.9. The Kier molecular flexibility index (Phi) is 9.74. The second kappa shape index (κ2) is 10.7. The van der Waals surface area contributed by atoms with Crippen molar-refractivity contribution in [2.45, 2.75) is 80.2 Å². The Bertz CT molecular complexity index is 759. The third-order valence-corrected chi connectivity index (χ3v) is 4.31. The minimum Gasteiger partial charge on any atom is -0.365 e. The van der Waals surface area contributed by atoms with Gasteiger partial charge in [0.25, 0.3) is 18.6 Å². The van der Waals surface area contributed by atoms with Crippen LogP contribution in [-0.2, 0) is 23.7 Å². The second-order valence-corrected chi connectivity index (χ2v) is 7.40. The molecule has 0 N–H and O–H groups in total. The van der Waals surface area contributed by atoms with Gasteiger partial charge in [-0.1, -0.05) is 0 Å². The molecule has 1 fully saturated rings. The van der Waals surface area contributed by atoms with Crippen molar-refractivity contribution in [3.63, 3.8) is 0 Å². The van der Waals surface area contributed by atoms with Crippen LogP contribution in [0.25, 0.3) is 0 Å². The predicted octanol–water partition coefficient (Wildman–Crippen LogP) is 6.27. The van der Waals surface area contributed by atoms with E-state index in [0.717, 1.165) is 0 Å². The molecule has 0 radical (unpaired) electrons. The van der Waals surface area contributed by atoms with Crippen molar-refractivity contribution in [3.8, 4) is 0 Å². The average molecular weight is 632 g/mol. The van der Waals surface area contributed by atoms with Crippen LogP contribution in [0.3, 0.4) is 0 Å². The highest BCUT2D eigenvalue weighted by molar-refractivity contribution is 4.90. The van der Waals surface area contributed by atoms with Gasteiger partial charge in [0.1, 0.15) is 12.2 Å². The maximum atomic E-state index is 13.5. The molecule has 5 unspecified atom stereocenters. The van der Waals surface area contributed by atoms with Crippen LogP contribution in [0.15, 0.2) is 0 Å². The monoisotopic (exact) mass is 632 g/mol. The van der Waals surface area contributed by atoms with Crippen molar-refractivity contribution in [2.24, 2.45) is 0 Å². The van der Waals surface area contributed by atoms with Gasteiger partial charge in [0.15, 0.2) is 0 Å². The molecule has 0 saturated carbocycles. The molecule has 0 spiro atoms. The molecule has 1 saturated heterocycles. The average Bonchev–Trinajstić information content (AvgIpc) is 3.47. The molecule has 0 aromatic rings. The quantitative estimate of drug-likeness (QED) is 0.167. The smallest absolute Gasteiger partial charge is 0.365 e. The number of ether oxygens (including phenoxy) is 5. The molecule has 0 aromatic carbocycles. The Hall–Kier alpha value is -1.53. The molecule has 0 aliphatic carbocycles. The molecular formula is C15H11F19O5. The first-order valence-electron chi connectivity index (χ1n) is 9.21.